The van der Waals surface area contributed by atoms with Gasteiger partial charge in [0.1, 0.15) is 0 Å². The Bertz CT molecular complexity index is 601. The van der Waals surface area contributed by atoms with Crippen molar-refractivity contribution in [3.63, 3.8) is 0 Å². The lowest BCUT2D eigenvalue weighted by molar-refractivity contribution is -0.127. The van der Waals surface area contributed by atoms with Gasteiger partial charge < -0.3 is 0 Å². The molecule has 0 heterocycles. The predicted octanol–water partition coefficient (Wildman–Crippen LogP) is 3.18. The normalized spacial score (nSPS) is 12.0. The zero-order valence-electron chi connectivity index (χ0n) is 12.8. The molecule has 0 bridgehead atoms. The first-order chi connectivity index (χ1) is 9.69. The van der Waals surface area contributed by atoms with Crippen molar-refractivity contribution in [1.82, 2.24) is 4.72 Å². The molecular weight excluding hydrogens is 286 g/mol. The van der Waals surface area contributed by atoms with Crippen molar-refractivity contribution in [3.8, 4) is 0 Å². The first-order valence-electron chi connectivity index (χ1n) is 6.94. The van der Waals surface area contributed by atoms with Crippen molar-refractivity contribution < 1.29 is 13.2 Å². The summed E-state index contributed by atoms with van der Waals surface area (Å²) in [5.74, 6) is -0.480. The van der Waals surface area contributed by atoms with E-state index < -0.39 is 21.3 Å². The van der Waals surface area contributed by atoms with Crippen molar-refractivity contribution in [2.24, 2.45) is 5.41 Å². The van der Waals surface area contributed by atoms with E-state index in [9.17, 15) is 13.2 Å². The van der Waals surface area contributed by atoms with Crippen LogP contribution < -0.4 is 4.72 Å². The SMILES string of the molecule is C=CCCCC(C)(C)C(=O)NS(=O)(=O)c1ccc(C)cc1. The highest BCUT2D eigenvalue weighted by Crippen LogP contribution is 2.24. The second-order valence-corrected chi connectivity index (χ2v) is 7.49. The third kappa shape index (κ3) is 5.01. The summed E-state index contributed by atoms with van der Waals surface area (Å²) >= 11 is 0. The molecule has 0 spiro atoms. The molecule has 4 nitrogen and oxygen atoms in total. The average Bonchev–Trinajstić information content (AvgIpc) is 2.38. The van der Waals surface area contributed by atoms with Gasteiger partial charge in [-0.1, -0.05) is 37.6 Å². The van der Waals surface area contributed by atoms with Crippen molar-refractivity contribution in [1.29, 1.82) is 0 Å². The number of unbranched alkanes of at least 4 members (excludes halogenated alkanes) is 1. The van der Waals surface area contributed by atoms with Gasteiger partial charge in [0.2, 0.25) is 5.91 Å². The summed E-state index contributed by atoms with van der Waals surface area (Å²) in [5, 5.41) is 0. The summed E-state index contributed by atoms with van der Waals surface area (Å²) in [6.07, 6.45) is 4.00. The van der Waals surface area contributed by atoms with Crippen LogP contribution in [0.25, 0.3) is 0 Å². The molecule has 1 N–H and O–H groups in total. The third-order valence-corrected chi connectivity index (χ3v) is 4.73. The van der Waals surface area contributed by atoms with Gasteiger partial charge in [-0.15, -0.1) is 6.58 Å². The van der Waals surface area contributed by atoms with Crippen LogP contribution >= 0.6 is 0 Å². The number of amides is 1. The summed E-state index contributed by atoms with van der Waals surface area (Å²) in [6.45, 7) is 9.00. The molecule has 0 aromatic heterocycles. The number of carbonyl (C=O) groups is 1. The molecule has 0 aliphatic rings. The summed E-state index contributed by atoms with van der Waals surface area (Å²) < 4.78 is 26.5. The standard InChI is InChI=1S/C16H23NO3S/c1-5-6-7-12-16(3,4)15(18)17-21(19,20)14-10-8-13(2)9-11-14/h5,8-11H,1,6-7,12H2,2-4H3,(H,17,18). The fourth-order valence-electron chi connectivity index (χ4n) is 1.84. The number of carbonyl (C=O) groups excluding carboxylic acids is 1. The van der Waals surface area contributed by atoms with Gasteiger partial charge in [0.15, 0.2) is 0 Å². The summed E-state index contributed by atoms with van der Waals surface area (Å²) in [7, 11) is -3.81. The summed E-state index contributed by atoms with van der Waals surface area (Å²) in [5.41, 5.74) is 0.228. The number of hydrogen-bond donors (Lipinski definition) is 1. The van der Waals surface area contributed by atoms with Gasteiger partial charge in [-0.3, -0.25) is 4.79 Å². The number of aryl methyl sites for hydroxylation is 1. The number of hydrogen-bond acceptors (Lipinski definition) is 3. The molecule has 1 rings (SSSR count). The average molecular weight is 309 g/mol. The van der Waals surface area contributed by atoms with Gasteiger partial charge in [0.25, 0.3) is 10.0 Å². The molecule has 1 aromatic carbocycles. The lowest BCUT2D eigenvalue weighted by Gasteiger charge is -2.23. The maximum absolute atomic E-state index is 12.2. The number of allylic oxidation sites excluding steroid dienone is 1. The quantitative estimate of drug-likeness (QED) is 0.621. The third-order valence-electron chi connectivity index (χ3n) is 3.38. The van der Waals surface area contributed by atoms with Crippen molar-refractivity contribution in [2.75, 3.05) is 0 Å². The Morgan fingerprint density at radius 1 is 1.29 bits per heavy atom. The lowest BCUT2D eigenvalue weighted by atomic mass is 9.86. The lowest BCUT2D eigenvalue weighted by Crippen LogP contribution is -2.40. The van der Waals surface area contributed by atoms with E-state index in [1.54, 1.807) is 32.1 Å². The van der Waals surface area contributed by atoms with E-state index >= 15 is 0 Å². The van der Waals surface area contributed by atoms with Crippen molar-refractivity contribution >= 4 is 15.9 Å². The van der Waals surface area contributed by atoms with Crippen LogP contribution in [0.2, 0.25) is 0 Å². The van der Waals surface area contributed by atoms with Crippen molar-refractivity contribution in [2.45, 2.75) is 44.9 Å². The number of benzene rings is 1. The molecule has 5 heteroatoms. The van der Waals surface area contributed by atoms with E-state index in [0.717, 1.165) is 18.4 Å². The van der Waals surface area contributed by atoms with E-state index in [0.29, 0.717) is 6.42 Å². The number of nitrogens with one attached hydrogen (secondary N) is 1. The molecule has 21 heavy (non-hydrogen) atoms. The zero-order valence-corrected chi connectivity index (χ0v) is 13.7. The Labute approximate surface area is 127 Å². The molecule has 0 fully saturated rings. The van der Waals surface area contributed by atoms with Crippen LogP contribution in [0.15, 0.2) is 41.8 Å². The Hall–Kier alpha value is -1.62. The highest BCUT2D eigenvalue weighted by molar-refractivity contribution is 7.90. The van der Waals surface area contributed by atoms with Crippen LogP contribution in [0.3, 0.4) is 0 Å². The first-order valence-corrected chi connectivity index (χ1v) is 8.42. The minimum absolute atomic E-state index is 0.100. The maximum Gasteiger partial charge on any atom is 0.264 e. The zero-order chi connectivity index (χ0) is 16.1. The van der Waals surface area contributed by atoms with E-state index in [1.165, 1.54) is 12.1 Å². The largest absolute Gasteiger partial charge is 0.273 e. The van der Waals surface area contributed by atoms with Crippen LogP contribution in [0, 0.1) is 12.3 Å². The van der Waals surface area contributed by atoms with Crippen LogP contribution in [-0.4, -0.2) is 14.3 Å². The molecule has 0 saturated carbocycles. The molecule has 0 saturated heterocycles. The van der Waals surface area contributed by atoms with Crippen LogP contribution in [0.4, 0.5) is 0 Å². The summed E-state index contributed by atoms with van der Waals surface area (Å²) in [4.78, 5) is 12.3. The fourth-order valence-corrected chi connectivity index (χ4v) is 2.97. The molecule has 0 aliphatic heterocycles. The van der Waals surface area contributed by atoms with E-state index in [2.05, 4.69) is 11.3 Å². The molecule has 0 radical (unpaired) electrons. The van der Waals surface area contributed by atoms with Crippen LogP contribution in [0.5, 0.6) is 0 Å². The molecule has 1 aromatic rings. The Morgan fingerprint density at radius 2 is 1.86 bits per heavy atom. The van der Waals surface area contributed by atoms with E-state index in [4.69, 9.17) is 0 Å². The molecule has 1 amide bonds. The topological polar surface area (TPSA) is 63.2 Å². The highest BCUT2D eigenvalue weighted by atomic mass is 32.2. The predicted molar refractivity (Wildman–Crippen MR) is 84.3 cm³/mol. The van der Waals surface area contributed by atoms with Crippen LogP contribution in [-0.2, 0) is 14.8 Å². The molecular formula is C16H23NO3S. The van der Waals surface area contributed by atoms with Gasteiger partial charge in [0.05, 0.1) is 4.90 Å². The second-order valence-electron chi connectivity index (χ2n) is 5.81. The van der Waals surface area contributed by atoms with Gasteiger partial charge in [-0.05, 0) is 38.3 Å². The second kappa shape index (κ2) is 6.89. The summed E-state index contributed by atoms with van der Waals surface area (Å²) in [6, 6.07) is 6.40. The maximum atomic E-state index is 12.2. The minimum atomic E-state index is -3.81. The molecule has 0 atom stereocenters. The molecule has 0 unspecified atom stereocenters. The Kier molecular flexibility index (Phi) is 5.72. The smallest absolute Gasteiger partial charge is 0.264 e. The van der Waals surface area contributed by atoms with Gasteiger partial charge in [-0.2, -0.15) is 0 Å². The van der Waals surface area contributed by atoms with Gasteiger partial charge in [0, 0.05) is 5.41 Å². The first kappa shape index (κ1) is 17.4. The monoisotopic (exact) mass is 309 g/mol. The van der Waals surface area contributed by atoms with Crippen LogP contribution in [0.1, 0.15) is 38.7 Å². The number of rotatable bonds is 7. The van der Waals surface area contributed by atoms with E-state index in [1.807, 2.05) is 6.92 Å². The Balaban J connectivity index is 2.80. The number of sulfonamides is 1. The minimum Gasteiger partial charge on any atom is -0.273 e. The molecule has 116 valence electrons. The highest BCUT2D eigenvalue weighted by Gasteiger charge is 2.30. The fraction of sp³-hybridized carbons (Fsp3) is 0.438. The van der Waals surface area contributed by atoms with Gasteiger partial charge in [-0.25, -0.2) is 13.1 Å². The Morgan fingerprint density at radius 3 is 2.38 bits per heavy atom. The van der Waals surface area contributed by atoms with Gasteiger partial charge >= 0.3 is 0 Å². The molecule has 0 aliphatic carbocycles. The van der Waals surface area contributed by atoms with E-state index in [-0.39, 0.29) is 4.90 Å². The van der Waals surface area contributed by atoms with Crippen molar-refractivity contribution in [3.05, 3.63) is 42.5 Å².